The molecule has 0 spiro atoms. The lowest BCUT2D eigenvalue weighted by Crippen LogP contribution is -2.20. The van der Waals surface area contributed by atoms with Crippen LogP contribution in [-0.4, -0.2) is 0 Å². The van der Waals surface area contributed by atoms with Crippen molar-refractivity contribution in [2.45, 2.75) is 26.7 Å². The second-order valence-electron chi connectivity index (χ2n) is 7.01. The number of para-hydroxylation sites is 1. The van der Waals surface area contributed by atoms with Crippen molar-refractivity contribution >= 4 is 22.9 Å². The molecule has 2 heteroatoms. The Morgan fingerprint density at radius 3 is 2.47 bits per heavy atom. The summed E-state index contributed by atoms with van der Waals surface area (Å²) in [7, 11) is 0. The predicted molar refractivity (Wildman–Crippen MR) is 135 cm³/mol. The molecule has 0 saturated carbocycles. The Bertz CT molecular complexity index is 980. The topological polar surface area (TPSA) is 3.24 Å². The number of rotatable bonds is 4. The van der Waals surface area contributed by atoms with Gasteiger partial charge >= 0.3 is 0 Å². The van der Waals surface area contributed by atoms with Crippen LogP contribution in [0.1, 0.15) is 32.3 Å². The molecule has 0 aromatic heterocycles. The van der Waals surface area contributed by atoms with Gasteiger partial charge < -0.3 is 4.90 Å². The molecular formula is C28H30ClN. The zero-order valence-electron chi connectivity index (χ0n) is 17.9. The molecule has 0 saturated heterocycles. The summed E-state index contributed by atoms with van der Waals surface area (Å²) in [5, 5.41) is 0.489. The molecule has 0 aliphatic carbocycles. The summed E-state index contributed by atoms with van der Waals surface area (Å²) in [6.45, 7) is 16.5. The van der Waals surface area contributed by atoms with E-state index in [-0.39, 0.29) is 0 Å². The van der Waals surface area contributed by atoms with Crippen molar-refractivity contribution in [2.75, 3.05) is 4.90 Å². The second-order valence-corrected chi connectivity index (χ2v) is 7.50. The van der Waals surface area contributed by atoms with Crippen molar-refractivity contribution in [3.63, 3.8) is 0 Å². The summed E-state index contributed by atoms with van der Waals surface area (Å²) in [6, 6.07) is 8.23. The molecular weight excluding hydrogens is 386 g/mol. The van der Waals surface area contributed by atoms with Gasteiger partial charge in [-0.1, -0.05) is 92.1 Å². The van der Waals surface area contributed by atoms with E-state index < -0.39 is 0 Å². The van der Waals surface area contributed by atoms with Gasteiger partial charge in [0.2, 0.25) is 0 Å². The van der Waals surface area contributed by atoms with Crippen molar-refractivity contribution in [1.82, 2.24) is 0 Å². The van der Waals surface area contributed by atoms with Gasteiger partial charge in [-0.25, -0.2) is 0 Å². The van der Waals surface area contributed by atoms with E-state index in [0.29, 0.717) is 5.03 Å². The van der Waals surface area contributed by atoms with Gasteiger partial charge in [-0.15, -0.1) is 0 Å². The standard InChI is InChI=1S/C28H30ClN/c1-6-26(20-19-23(3)29)27-17-13-14-18-28(27)30-24(4)16-12-10-8-7-9-11-15-22(2)21-25(30)5/h6,8,10-21H,3-5,7,9H2,1-2H3/b10-8-,15-11-,16-12-,20-19-,22-21-,26-6+. The number of nitrogens with zero attached hydrogens (tertiary/aromatic N) is 1. The summed E-state index contributed by atoms with van der Waals surface area (Å²) >= 11 is 5.96. The fourth-order valence-electron chi connectivity index (χ4n) is 3.18. The molecule has 0 atom stereocenters. The van der Waals surface area contributed by atoms with E-state index in [1.54, 1.807) is 6.08 Å². The van der Waals surface area contributed by atoms with Crippen molar-refractivity contribution in [2.24, 2.45) is 0 Å². The quantitative estimate of drug-likeness (QED) is 0.444. The van der Waals surface area contributed by atoms with Gasteiger partial charge in [0.15, 0.2) is 0 Å². The largest absolute Gasteiger partial charge is 0.311 e. The van der Waals surface area contributed by atoms with Crippen LogP contribution in [0.5, 0.6) is 0 Å². The molecule has 1 aliphatic rings. The van der Waals surface area contributed by atoms with Gasteiger partial charge in [0, 0.05) is 22.0 Å². The van der Waals surface area contributed by atoms with Gasteiger partial charge in [0.1, 0.15) is 0 Å². The third-order valence-electron chi connectivity index (χ3n) is 4.60. The summed E-state index contributed by atoms with van der Waals surface area (Å²) in [5.74, 6) is 0. The predicted octanol–water partition coefficient (Wildman–Crippen LogP) is 8.64. The average Bonchev–Trinajstić information content (AvgIpc) is 2.71. The van der Waals surface area contributed by atoms with Gasteiger partial charge in [-0.05, 0) is 62.1 Å². The van der Waals surface area contributed by atoms with E-state index in [4.69, 9.17) is 11.6 Å². The Kier molecular flexibility index (Phi) is 9.18. The molecule has 1 aliphatic heterocycles. The maximum Gasteiger partial charge on any atom is 0.0539 e. The number of allylic oxidation sites excluding steroid dienone is 13. The van der Waals surface area contributed by atoms with E-state index >= 15 is 0 Å². The fraction of sp³-hybridized carbons (Fsp3) is 0.143. The van der Waals surface area contributed by atoms with E-state index in [2.05, 4.69) is 80.1 Å². The van der Waals surface area contributed by atoms with Crippen LogP contribution in [0.25, 0.3) is 5.57 Å². The Hall–Kier alpha value is -3.03. The van der Waals surface area contributed by atoms with Crippen LogP contribution in [0.2, 0.25) is 0 Å². The Balaban J connectivity index is 2.61. The van der Waals surface area contributed by atoms with Crippen LogP contribution < -0.4 is 4.90 Å². The Morgan fingerprint density at radius 1 is 1.00 bits per heavy atom. The van der Waals surface area contributed by atoms with E-state index in [0.717, 1.165) is 46.6 Å². The first-order valence-electron chi connectivity index (χ1n) is 10.1. The van der Waals surface area contributed by atoms with Crippen molar-refractivity contribution in [1.29, 1.82) is 0 Å². The summed E-state index contributed by atoms with van der Waals surface area (Å²) in [4.78, 5) is 2.09. The molecule has 30 heavy (non-hydrogen) atoms. The Labute approximate surface area is 186 Å². The molecule has 154 valence electrons. The minimum Gasteiger partial charge on any atom is -0.311 e. The highest BCUT2D eigenvalue weighted by Gasteiger charge is 2.16. The number of anilines is 1. The second kappa shape index (κ2) is 11.8. The number of hydrogen-bond donors (Lipinski definition) is 0. The summed E-state index contributed by atoms with van der Waals surface area (Å²) in [5.41, 5.74) is 5.94. The highest BCUT2D eigenvalue weighted by atomic mass is 35.5. The third kappa shape index (κ3) is 6.79. The highest BCUT2D eigenvalue weighted by Crippen LogP contribution is 2.33. The van der Waals surface area contributed by atoms with E-state index in [9.17, 15) is 0 Å². The van der Waals surface area contributed by atoms with Crippen LogP contribution >= 0.6 is 11.6 Å². The van der Waals surface area contributed by atoms with E-state index in [1.807, 2.05) is 37.3 Å². The minimum atomic E-state index is 0.489. The van der Waals surface area contributed by atoms with Crippen molar-refractivity contribution < 1.29 is 0 Å². The monoisotopic (exact) mass is 415 g/mol. The van der Waals surface area contributed by atoms with E-state index in [1.165, 1.54) is 0 Å². The van der Waals surface area contributed by atoms with Crippen LogP contribution in [0, 0.1) is 0 Å². The molecule has 1 aromatic carbocycles. The maximum absolute atomic E-state index is 5.96. The molecule has 1 aromatic rings. The minimum absolute atomic E-state index is 0.489. The maximum atomic E-state index is 5.96. The van der Waals surface area contributed by atoms with Gasteiger partial charge in [-0.2, -0.15) is 0 Å². The number of halogens is 1. The Morgan fingerprint density at radius 2 is 1.73 bits per heavy atom. The van der Waals surface area contributed by atoms with Gasteiger partial charge in [-0.3, -0.25) is 0 Å². The summed E-state index contributed by atoms with van der Waals surface area (Å²) < 4.78 is 0. The number of hydrogen-bond acceptors (Lipinski definition) is 1. The molecule has 0 unspecified atom stereocenters. The molecule has 0 bridgehead atoms. The molecule has 0 fully saturated rings. The smallest absolute Gasteiger partial charge is 0.0539 e. The zero-order valence-corrected chi connectivity index (χ0v) is 18.7. The first-order chi connectivity index (χ1) is 14.4. The summed E-state index contributed by atoms with van der Waals surface area (Å²) in [6.07, 6.45) is 22.6. The highest BCUT2D eigenvalue weighted by molar-refractivity contribution is 6.30. The van der Waals surface area contributed by atoms with Crippen molar-refractivity contribution in [3.05, 3.63) is 132 Å². The molecule has 0 amide bonds. The first-order valence-corrected chi connectivity index (χ1v) is 10.5. The van der Waals surface area contributed by atoms with Crippen LogP contribution in [0.3, 0.4) is 0 Å². The SMILES string of the molecule is C=C(Cl)/C=C\C(=C/C)c1ccccc1N1C(=C)/C=C\C=C/CC/C=C\C(C)=C/C1=C. The molecule has 2 rings (SSSR count). The lowest BCUT2D eigenvalue weighted by molar-refractivity contribution is 1.05. The van der Waals surface area contributed by atoms with Gasteiger partial charge in [0.25, 0.3) is 0 Å². The first kappa shape index (κ1) is 23.3. The number of benzene rings is 1. The van der Waals surface area contributed by atoms with Crippen molar-refractivity contribution in [3.8, 4) is 0 Å². The fourth-order valence-corrected chi connectivity index (χ4v) is 3.24. The molecule has 1 nitrogen and oxygen atoms in total. The van der Waals surface area contributed by atoms with Crippen LogP contribution in [-0.2, 0) is 0 Å². The molecule has 0 radical (unpaired) electrons. The lowest BCUT2D eigenvalue weighted by Gasteiger charge is -2.28. The lowest BCUT2D eigenvalue weighted by atomic mass is 10.0. The normalized spacial score (nSPS) is 21.2. The zero-order chi connectivity index (χ0) is 21.9. The third-order valence-corrected chi connectivity index (χ3v) is 4.72. The van der Waals surface area contributed by atoms with Crippen LogP contribution in [0.15, 0.2) is 127 Å². The van der Waals surface area contributed by atoms with Gasteiger partial charge in [0.05, 0.1) is 5.69 Å². The molecule has 1 heterocycles. The average molecular weight is 416 g/mol. The van der Waals surface area contributed by atoms with Crippen LogP contribution in [0.4, 0.5) is 5.69 Å². The molecule has 0 N–H and O–H groups in total.